The van der Waals surface area contributed by atoms with Crippen molar-refractivity contribution in [3.63, 3.8) is 0 Å². The second-order valence-corrected chi connectivity index (χ2v) is 3.20. The van der Waals surface area contributed by atoms with E-state index in [4.69, 9.17) is 26.2 Å². The van der Waals surface area contributed by atoms with Crippen LogP contribution in [0.2, 0.25) is 5.28 Å². The number of hydrogen-bond acceptors (Lipinski definition) is 7. The molecule has 0 aliphatic rings. The van der Waals surface area contributed by atoms with Crippen LogP contribution in [0.5, 0.6) is 6.01 Å². The number of carboxylic acid groups (broad SMARTS) is 1. The van der Waals surface area contributed by atoms with Gasteiger partial charge >= 0.3 is 12.0 Å². The minimum Gasteiger partial charge on any atom is -0.479 e. The van der Waals surface area contributed by atoms with Crippen LogP contribution in [0.25, 0.3) is 0 Å². The molecular weight excluding hydrogens is 252 g/mol. The molecule has 0 amide bonds. The van der Waals surface area contributed by atoms with E-state index in [2.05, 4.69) is 20.3 Å². The zero-order valence-electron chi connectivity index (χ0n) is 9.18. The average Bonchev–Trinajstić information content (AvgIpc) is 2.28. The van der Waals surface area contributed by atoms with Gasteiger partial charge in [0.05, 0.1) is 13.7 Å². The molecule has 1 rings (SSSR count). The van der Waals surface area contributed by atoms with Crippen LogP contribution in [0.4, 0.5) is 5.95 Å². The number of halogens is 1. The first-order valence-corrected chi connectivity index (χ1v) is 4.89. The van der Waals surface area contributed by atoms with Crippen molar-refractivity contribution in [1.82, 2.24) is 15.0 Å². The van der Waals surface area contributed by atoms with E-state index in [1.54, 1.807) is 0 Å². The lowest BCUT2D eigenvalue weighted by Gasteiger charge is -2.11. The molecule has 0 fully saturated rings. The Morgan fingerprint density at radius 3 is 2.71 bits per heavy atom. The number of ether oxygens (including phenoxy) is 2. The number of hydrogen-bond donors (Lipinski definition) is 2. The Bertz CT molecular complexity index is 403. The molecule has 0 spiro atoms. The topological polar surface area (TPSA) is 106 Å². The Labute approximate surface area is 102 Å². The largest absolute Gasteiger partial charge is 0.479 e. The molecule has 0 radical (unpaired) electrons. The zero-order valence-corrected chi connectivity index (χ0v) is 9.93. The first kappa shape index (κ1) is 13.4. The summed E-state index contributed by atoms with van der Waals surface area (Å²) in [7, 11) is 2.67. The number of nitrogens with one attached hydrogen (secondary N) is 1. The highest BCUT2D eigenvalue weighted by Gasteiger charge is 2.16. The maximum absolute atomic E-state index is 10.7. The summed E-state index contributed by atoms with van der Waals surface area (Å²) in [6.07, 6.45) is -1.00. The summed E-state index contributed by atoms with van der Waals surface area (Å²) in [6.45, 7) is -0.00463. The van der Waals surface area contributed by atoms with E-state index in [-0.39, 0.29) is 23.8 Å². The molecular formula is C8H11ClN4O4. The molecule has 94 valence electrons. The van der Waals surface area contributed by atoms with E-state index < -0.39 is 12.1 Å². The fourth-order valence-electron chi connectivity index (χ4n) is 0.958. The number of carboxylic acids is 1. The number of nitrogens with zero attached hydrogens (tertiary/aromatic N) is 3. The van der Waals surface area contributed by atoms with Crippen molar-refractivity contribution in [1.29, 1.82) is 0 Å². The number of aliphatic carboxylic acids is 1. The number of aromatic nitrogens is 3. The summed E-state index contributed by atoms with van der Waals surface area (Å²) in [5.41, 5.74) is 0. The predicted octanol–water partition coefficient (Wildman–Crippen LogP) is 0.0451. The van der Waals surface area contributed by atoms with E-state index in [9.17, 15) is 4.79 Å². The smallest absolute Gasteiger partial charge is 0.334 e. The number of anilines is 1. The number of carbonyl (C=O) groups is 1. The minimum atomic E-state index is -1.09. The van der Waals surface area contributed by atoms with Crippen LogP contribution in [0.3, 0.4) is 0 Å². The van der Waals surface area contributed by atoms with E-state index in [0.29, 0.717) is 0 Å². The lowest BCUT2D eigenvalue weighted by Crippen LogP contribution is -2.30. The van der Waals surface area contributed by atoms with Crippen LogP contribution in [0.15, 0.2) is 0 Å². The molecule has 2 N–H and O–H groups in total. The molecule has 0 saturated carbocycles. The van der Waals surface area contributed by atoms with Gasteiger partial charge in [-0.25, -0.2) is 4.79 Å². The summed E-state index contributed by atoms with van der Waals surface area (Å²) >= 11 is 5.61. The van der Waals surface area contributed by atoms with E-state index in [0.717, 1.165) is 0 Å². The van der Waals surface area contributed by atoms with E-state index in [1.165, 1.54) is 14.2 Å². The molecule has 1 heterocycles. The van der Waals surface area contributed by atoms with Gasteiger partial charge in [0, 0.05) is 7.11 Å². The van der Waals surface area contributed by atoms with Crippen molar-refractivity contribution in [3.05, 3.63) is 5.28 Å². The number of methoxy groups -OCH3 is 2. The van der Waals surface area contributed by atoms with Crippen molar-refractivity contribution in [3.8, 4) is 6.01 Å². The molecule has 0 aromatic carbocycles. The van der Waals surface area contributed by atoms with Crippen molar-refractivity contribution in [2.24, 2.45) is 0 Å². The van der Waals surface area contributed by atoms with Crippen molar-refractivity contribution < 1.29 is 19.4 Å². The van der Waals surface area contributed by atoms with Crippen LogP contribution < -0.4 is 10.1 Å². The third-order valence-corrected chi connectivity index (χ3v) is 1.94. The Hall–Kier alpha value is -1.67. The van der Waals surface area contributed by atoms with Gasteiger partial charge in [-0.15, -0.1) is 0 Å². The SMILES string of the molecule is COc1nc(Cl)nc(NCC(OC)C(=O)O)n1. The molecule has 0 saturated heterocycles. The fourth-order valence-corrected chi connectivity index (χ4v) is 1.11. The average molecular weight is 263 g/mol. The highest BCUT2D eigenvalue weighted by molar-refractivity contribution is 6.28. The van der Waals surface area contributed by atoms with Gasteiger partial charge in [0.1, 0.15) is 0 Å². The lowest BCUT2D eigenvalue weighted by atomic mass is 10.3. The molecule has 8 nitrogen and oxygen atoms in total. The maximum Gasteiger partial charge on any atom is 0.334 e. The third kappa shape index (κ3) is 4.00. The molecule has 0 bridgehead atoms. The molecule has 1 aromatic rings. The third-order valence-electron chi connectivity index (χ3n) is 1.78. The molecule has 0 aliphatic carbocycles. The minimum absolute atomic E-state index is 0.00463. The maximum atomic E-state index is 10.7. The Balaban J connectivity index is 2.68. The van der Waals surface area contributed by atoms with Gasteiger partial charge in [0.25, 0.3) is 0 Å². The van der Waals surface area contributed by atoms with Crippen LogP contribution in [0.1, 0.15) is 0 Å². The van der Waals surface area contributed by atoms with Gasteiger partial charge in [-0.05, 0) is 11.6 Å². The first-order chi connectivity index (χ1) is 8.06. The normalized spacial score (nSPS) is 11.9. The summed E-state index contributed by atoms with van der Waals surface area (Å²) in [6, 6.07) is 0.0387. The van der Waals surface area contributed by atoms with Crippen LogP contribution in [-0.4, -0.2) is 52.9 Å². The molecule has 17 heavy (non-hydrogen) atoms. The second kappa shape index (κ2) is 6.16. The highest BCUT2D eigenvalue weighted by Crippen LogP contribution is 2.10. The van der Waals surface area contributed by atoms with Crippen molar-refractivity contribution >= 4 is 23.5 Å². The van der Waals surface area contributed by atoms with Crippen LogP contribution in [-0.2, 0) is 9.53 Å². The molecule has 1 unspecified atom stereocenters. The van der Waals surface area contributed by atoms with Crippen molar-refractivity contribution in [2.75, 3.05) is 26.1 Å². The Morgan fingerprint density at radius 2 is 2.18 bits per heavy atom. The standard InChI is InChI=1S/C8H11ClN4O4/c1-16-4(5(14)15)3-10-7-11-6(9)12-8(13-7)17-2/h4H,3H2,1-2H3,(H,14,15)(H,10,11,12,13). The van der Waals surface area contributed by atoms with Gasteiger partial charge in [-0.1, -0.05) is 0 Å². The predicted molar refractivity (Wildman–Crippen MR) is 58.3 cm³/mol. The second-order valence-electron chi connectivity index (χ2n) is 2.86. The van der Waals surface area contributed by atoms with E-state index in [1.807, 2.05) is 0 Å². The number of rotatable bonds is 6. The van der Waals surface area contributed by atoms with Gasteiger partial charge in [-0.2, -0.15) is 15.0 Å². The highest BCUT2D eigenvalue weighted by atomic mass is 35.5. The summed E-state index contributed by atoms with van der Waals surface area (Å²) in [5.74, 6) is -0.975. The van der Waals surface area contributed by atoms with Crippen LogP contribution in [0, 0.1) is 0 Å². The summed E-state index contributed by atoms with van der Waals surface area (Å²) in [4.78, 5) is 21.9. The fraction of sp³-hybridized carbons (Fsp3) is 0.500. The van der Waals surface area contributed by atoms with E-state index >= 15 is 0 Å². The van der Waals surface area contributed by atoms with Gasteiger partial charge in [-0.3, -0.25) is 0 Å². The quantitative estimate of drug-likeness (QED) is 0.740. The van der Waals surface area contributed by atoms with Crippen molar-refractivity contribution in [2.45, 2.75) is 6.10 Å². The van der Waals surface area contributed by atoms with Gasteiger partial charge in [0.2, 0.25) is 11.2 Å². The molecule has 1 aromatic heterocycles. The summed E-state index contributed by atoms with van der Waals surface area (Å²) < 4.78 is 9.50. The Morgan fingerprint density at radius 1 is 1.47 bits per heavy atom. The Kier molecular flexibility index (Phi) is 4.85. The van der Waals surface area contributed by atoms with Gasteiger partial charge in [0.15, 0.2) is 6.10 Å². The monoisotopic (exact) mass is 262 g/mol. The lowest BCUT2D eigenvalue weighted by molar-refractivity contribution is -0.147. The molecule has 9 heteroatoms. The first-order valence-electron chi connectivity index (χ1n) is 4.52. The van der Waals surface area contributed by atoms with Gasteiger partial charge < -0.3 is 19.9 Å². The summed E-state index contributed by atoms with van der Waals surface area (Å²) in [5, 5.41) is 11.3. The van der Waals surface area contributed by atoms with Crippen LogP contribution >= 0.6 is 11.6 Å². The zero-order chi connectivity index (χ0) is 12.8. The molecule has 0 aliphatic heterocycles. The molecule has 1 atom stereocenters.